The Balaban J connectivity index is 2.28. The van der Waals surface area contributed by atoms with E-state index in [0.29, 0.717) is 0 Å². The van der Waals surface area contributed by atoms with Crippen molar-refractivity contribution >= 4 is 5.69 Å². The van der Waals surface area contributed by atoms with Gasteiger partial charge in [0.1, 0.15) is 0 Å². The van der Waals surface area contributed by atoms with Crippen molar-refractivity contribution in [1.82, 2.24) is 5.32 Å². The smallest absolute Gasteiger partial charge is 0.160 e. The highest BCUT2D eigenvalue weighted by molar-refractivity contribution is 5.49. The molecule has 0 bridgehead atoms. The Morgan fingerprint density at radius 3 is 2.65 bits per heavy atom. The lowest BCUT2D eigenvalue weighted by molar-refractivity contribution is 0.318. The fourth-order valence-electron chi connectivity index (χ4n) is 2.18. The fourth-order valence-corrected chi connectivity index (χ4v) is 2.18. The van der Waals surface area contributed by atoms with Crippen LogP contribution in [0.5, 0.6) is 0 Å². The van der Waals surface area contributed by atoms with Crippen molar-refractivity contribution in [3.05, 3.63) is 29.8 Å². The van der Waals surface area contributed by atoms with Crippen molar-refractivity contribution in [2.24, 2.45) is 0 Å². The summed E-state index contributed by atoms with van der Waals surface area (Å²) in [5, 5.41) is 3.42. The molecule has 1 aliphatic heterocycles. The molecule has 1 aromatic rings. The lowest BCUT2D eigenvalue weighted by Gasteiger charge is -2.44. The predicted molar refractivity (Wildman–Crippen MR) is 65.2 cm³/mol. The zero-order chi connectivity index (χ0) is 12.6. The Morgan fingerprint density at radius 2 is 2.00 bits per heavy atom. The van der Waals surface area contributed by atoms with Gasteiger partial charge in [-0.05, 0) is 32.9 Å². The van der Waals surface area contributed by atoms with Crippen LogP contribution in [-0.2, 0) is 0 Å². The number of halogens is 2. The zero-order valence-corrected chi connectivity index (χ0v) is 10.4. The van der Waals surface area contributed by atoms with Crippen molar-refractivity contribution in [3.63, 3.8) is 0 Å². The van der Waals surface area contributed by atoms with E-state index in [2.05, 4.69) is 31.0 Å². The van der Waals surface area contributed by atoms with Gasteiger partial charge in [-0.15, -0.1) is 0 Å². The van der Waals surface area contributed by atoms with Crippen molar-refractivity contribution in [2.45, 2.75) is 32.4 Å². The Hall–Kier alpha value is -1.16. The molecular weight excluding hydrogens is 222 g/mol. The molecule has 4 heteroatoms. The van der Waals surface area contributed by atoms with Gasteiger partial charge in [-0.2, -0.15) is 0 Å². The Bertz CT molecular complexity index is 418. The maximum Gasteiger partial charge on any atom is 0.160 e. The lowest BCUT2D eigenvalue weighted by atomic mass is 9.98. The van der Waals surface area contributed by atoms with Gasteiger partial charge in [0, 0.05) is 36.4 Å². The summed E-state index contributed by atoms with van der Waals surface area (Å²) in [5.41, 5.74) is 0.725. The SMILES string of the molecule is CC1CNC(C)(C)CN1c1ccc(F)c(F)c1. The number of rotatable bonds is 1. The van der Waals surface area contributed by atoms with E-state index in [1.54, 1.807) is 6.07 Å². The number of hydrogen-bond donors (Lipinski definition) is 1. The molecule has 0 spiro atoms. The molecule has 0 aromatic heterocycles. The Labute approximate surface area is 101 Å². The minimum absolute atomic E-state index is 0.0165. The second-order valence-corrected chi connectivity index (χ2v) is 5.34. The number of anilines is 1. The number of benzene rings is 1. The van der Waals surface area contributed by atoms with E-state index in [9.17, 15) is 8.78 Å². The van der Waals surface area contributed by atoms with Crippen LogP contribution in [0.2, 0.25) is 0 Å². The van der Waals surface area contributed by atoms with Crippen LogP contribution in [0.25, 0.3) is 0 Å². The molecule has 17 heavy (non-hydrogen) atoms. The summed E-state index contributed by atoms with van der Waals surface area (Å²) in [6, 6.07) is 4.36. The van der Waals surface area contributed by atoms with Crippen LogP contribution in [0.15, 0.2) is 18.2 Å². The summed E-state index contributed by atoms with van der Waals surface area (Å²) >= 11 is 0. The summed E-state index contributed by atoms with van der Waals surface area (Å²) in [6.07, 6.45) is 0. The highest BCUT2D eigenvalue weighted by atomic mass is 19.2. The van der Waals surface area contributed by atoms with E-state index in [1.165, 1.54) is 12.1 Å². The Morgan fingerprint density at radius 1 is 1.29 bits per heavy atom. The normalized spacial score (nSPS) is 23.8. The second kappa shape index (κ2) is 4.26. The minimum atomic E-state index is -0.796. The van der Waals surface area contributed by atoms with Crippen LogP contribution >= 0.6 is 0 Å². The molecule has 0 saturated carbocycles. The van der Waals surface area contributed by atoms with Crippen LogP contribution in [0, 0.1) is 11.6 Å². The van der Waals surface area contributed by atoms with Gasteiger partial charge >= 0.3 is 0 Å². The average Bonchev–Trinajstić information content (AvgIpc) is 2.26. The molecule has 2 rings (SSSR count). The first-order valence-electron chi connectivity index (χ1n) is 5.86. The molecule has 1 atom stereocenters. The molecule has 1 heterocycles. The summed E-state index contributed by atoms with van der Waals surface area (Å²) in [7, 11) is 0. The summed E-state index contributed by atoms with van der Waals surface area (Å²) in [6.45, 7) is 7.90. The van der Waals surface area contributed by atoms with Gasteiger partial charge in [-0.3, -0.25) is 0 Å². The Kier molecular flexibility index (Phi) is 3.08. The molecule has 1 fully saturated rings. The molecule has 2 nitrogen and oxygen atoms in total. The van der Waals surface area contributed by atoms with Gasteiger partial charge < -0.3 is 10.2 Å². The van der Waals surface area contributed by atoms with E-state index in [-0.39, 0.29) is 11.6 Å². The molecule has 0 radical (unpaired) electrons. The van der Waals surface area contributed by atoms with E-state index < -0.39 is 11.6 Å². The van der Waals surface area contributed by atoms with Crippen molar-refractivity contribution in [2.75, 3.05) is 18.0 Å². The maximum absolute atomic E-state index is 13.2. The second-order valence-electron chi connectivity index (χ2n) is 5.34. The first-order valence-corrected chi connectivity index (χ1v) is 5.86. The summed E-state index contributed by atoms with van der Waals surface area (Å²) in [5.74, 6) is -1.58. The third kappa shape index (κ3) is 2.57. The molecule has 0 amide bonds. The van der Waals surface area contributed by atoms with E-state index in [0.717, 1.165) is 18.8 Å². The monoisotopic (exact) mass is 240 g/mol. The third-order valence-corrected chi connectivity index (χ3v) is 3.21. The molecule has 1 saturated heterocycles. The van der Waals surface area contributed by atoms with Crippen LogP contribution in [0.3, 0.4) is 0 Å². The van der Waals surface area contributed by atoms with Crippen LogP contribution in [0.4, 0.5) is 14.5 Å². The minimum Gasteiger partial charge on any atom is -0.366 e. The van der Waals surface area contributed by atoms with Gasteiger partial charge in [0.2, 0.25) is 0 Å². The average molecular weight is 240 g/mol. The highest BCUT2D eigenvalue weighted by Crippen LogP contribution is 2.24. The molecule has 94 valence electrons. The standard InChI is InChI=1S/C13H18F2N2/c1-9-7-16-13(2,3)8-17(9)10-4-5-11(14)12(15)6-10/h4-6,9,16H,7-8H2,1-3H3. The van der Waals surface area contributed by atoms with Gasteiger partial charge in [0.25, 0.3) is 0 Å². The zero-order valence-electron chi connectivity index (χ0n) is 10.4. The van der Waals surface area contributed by atoms with Gasteiger partial charge in [-0.25, -0.2) is 8.78 Å². The lowest BCUT2D eigenvalue weighted by Crippen LogP contribution is -2.61. The topological polar surface area (TPSA) is 15.3 Å². The maximum atomic E-state index is 13.2. The number of hydrogen-bond acceptors (Lipinski definition) is 2. The number of nitrogens with one attached hydrogen (secondary N) is 1. The van der Waals surface area contributed by atoms with Crippen LogP contribution in [0.1, 0.15) is 20.8 Å². The fraction of sp³-hybridized carbons (Fsp3) is 0.538. The van der Waals surface area contributed by atoms with E-state index >= 15 is 0 Å². The molecule has 1 unspecified atom stereocenters. The predicted octanol–water partition coefficient (Wildman–Crippen LogP) is 2.54. The van der Waals surface area contributed by atoms with Gasteiger partial charge in [0.05, 0.1) is 0 Å². The van der Waals surface area contributed by atoms with E-state index in [4.69, 9.17) is 0 Å². The van der Waals surface area contributed by atoms with Crippen molar-refractivity contribution < 1.29 is 8.78 Å². The highest BCUT2D eigenvalue weighted by Gasteiger charge is 2.30. The largest absolute Gasteiger partial charge is 0.366 e. The first-order chi connectivity index (χ1) is 7.89. The van der Waals surface area contributed by atoms with Crippen LogP contribution in [-0.4, -0.2) is 24.7 Å². The summed E-state index contributed by atoms with van der Waals surface area (Å²) < 4.78 is 26.1. The summed E-state index contributed by atoms with van der Waals surface area (Å²) in [4.78, 5) is 2.11. The van der Waals surface area contributed by atoms with Gasteiger partial charge in [0.15, 0.2) is 11.6 Å². The molecule has 1 N–H and O–H groups in total. The van der Waals surface area contributed by atoms with Gasteiger partial charge in [-0.1, -0.05) is 0 Å². The number of nitrogens with zero attached hydrogens (tertiary/aromatic N) is 1. The first kappa shape index (κ1) is 12.3. The van der Waals surface area contributed by atoms with E-state index in [1.807, 2.05) is 0 Å². The molecule has 0 aliphatic carbocycles. The molecule has 1 aromatic carbocycles. The molecular formula is C13H18F2N2. The van der Waals surface area contributed by atoms with Crippen molar-refractivity contribution in [1.29, 1.82) is 0 Å². The molecule has 1 aliphatic rings. The number of piperazine rings is 1. The van der Waals surface area contributed by atoms with Crippen molar-refractivity contribution in [3.8, 4) is 0 Å². The van der Waals surface area contributed by atoms with Crippen LogP contribution < -0.4 is 10.2 Å². The third-order valence-electron chi connectivity index (χ3n) is 3.21. The quantitative estimate of drug-likeness (QED) is 0.811.